The minimum absolute atomic E-state index is 0.000511. The first-order chi connectivity index (χ1) is 17.5. The number of nitrogens with zero attached hydrogens (tertiary/aromatic N) is 2. The molecule has 3 aromatic rings. The maximum Gasteiger partial charge on any atom is 0.272 e. The van der Waals surface area contributed by atoms with Gasteiger partial charge in [-0.1, -0.05) is 12.1 Å². The van der Waals surface area contributed by atoms with E-state index in [-0.39, 0.29) is 36.0 Å². The van der Waals surface area contributed by atoms with Crippen LogP contribution in [0.15, 0.2) is 48.9 Å². The zero-order chi connectivity index (χ0) is 26.8. The van der Waals surface area contributed by atoms with Gasteiger partial charge in [-0.25, -0.2) is 17.6 Å². The van der Waals surface area contributed by atoms with Crippen LogP contribution >= 0.6 is 0 Å². The normalized spacial score (nSPS) is 14.1. The number of alkyl halides is 2. The molecule has 1 saturated carbocycles. The molecule has 0 atom stereocenters. The van der Waals surface area contributed by atoms with Crippen molar-refractivity contribution in [3.05, 3.63) is 77.4 Å². The Balaban J connectivity index is 1.40. The Bertz CT molecular complexity index is 1340. The van der Waals surface area contributed by atoms with Crippen molar-refractivity contribution < 1.29 is 27.2 Å². The van der Waals surface area contributed by atoms with Gasteiger partial charge in [0, 0.05) is 50.0 Å². The van der Waals surface area contributed by atoms with E-state index in [2.05, 4.69) is 25.9 Å². The van der Waals surface area contributed by atoms with Crippen LogP contribution in [0.25, 0.3) is 0 Å². The van der Waals surface area contributed by atoms with Crippen LogP contribution in [-0.4, -0.2) is 28.7 Å². The van der Waals surface area contributed by atoms with Crippen LogP contribution in [-0.2, 0) is 17.3 Å². The number of carbonyl (C=O) groups excluding carboxylic acids is 2. The van der Waals surface area contributed by atoms with E-state index in [0.717, 1.165) is 30.5 Å². The fourth-order valence-electron chi connectivity index (χ4n) is 3.95. The summed E-state index contributed by atoms with van der Waals surface area (Å²) < 4.78 is 56.6. The summed E-state index contributed by atoms with van der Waals surface area (Å²) in [6.07, 6.45) is 5.22. The number of carbonyl (C=O) groups is 2. The second-order valence-electron chi connectivity index (χ2n) is 9.10. The van der Waals surface area contributed by atoms with Crippen molar-refractivity contribution in [1.29, 1.82) is 0 Å². The maximum atomic E-state index is 14.7. The molecule has 11 heteroatoms. The molecule has 0 spiro atoms. The lowest BCUT2D eigenvalue weighted by Crippen LogP contribution is -2.33. The monoisotopic (exact) mass is 515 g/mol. The van der Waals surface area contributed by atoms with E-state index in [1.165, 1.54) is 6.20 Å². The van der Waals surface area contributed by atoms with Crippen LogP contribution in [0, 0.1) is 17.0 Å². The fraction of sp³-hybridized carbons (Fsp3) is 0.308. The predicted octanol–water partition coefficient (Wildman–Crippen LogP) is 5.32. The van der Waals surface area contributed by atoms with Crippen molar-refractivity contribution in [3.63, 3.8) is 0 Å². The van der Waals surface area contributed by atoms with E-state index in [0.29, 0.717) is 31.0 Å². The highest BCUT2D eigenvalue weighted by atomic mass is 19.3. The highest BCUT2D eigenvalue weighted by Gasteiger charge is 2.51. The number of hydrogen-bond donors (Lipinski definition) is 3. The van der Waals surface area contributed by atoms with Gasteiger partial charge in [0.05, 0.1) is 40.9 Å². The van der Waals surface area contributed by atoms with Gasteiger partial charge in [-0.3, -0.25) is 19.6 Å². The van der Waals surface area contributed by atoms with Gasteiger partial charge in [0.2, 0.25) is 5.91 Å². The molecule has 0 saturated heterocycles. The molecule has 1 aliphatic rings. The van der Waals surface area contributed by atoms with Gasteiger partial charge in [0.15, 0.2) is 5.78 Å². The second kappa shape index (κ2) is 10.2. The summed E-state index contributed by atoms with van der Waals surface area (Å²) in [5.74, 6) is -5.67. The van der Waals surface area contributed by atoms with E-state index in [1.807, 2.05) is 0 Å². The number of para-hydroxylation sites is 1. The summed E-state index contributed by atoms with van der Waals surface area (Å²) in [7, 11) is 1.71. The summed E-state index contributed by atoms with van der Waals surface area (Å²) in [5.41, 5.74) is -0.992. The molecule has 2 heterocycles. The van der Waals surface area contributed by atoms with Crippen LogP contribution in [0.2, 0.25) is 0 Å². The van der Waals surface area contributed by atoms with Gasteiger partial charge in [-0.15, -0.1) is 0 Å². The summed E-state index contributed by atoms with van der Waals surface area (Å²) >= 11 is 0. The summed E-state index contributed by atoms with van der Waals surface area (Å²) in [4.78, 5) is 33.5. The molecule has 4 rings (SSSR count). The topological polar surface area (TPSA) is 96.0 Å². The Kier molecular flexibility index (Phi) is 7.15. The van der Waals surface area contributed by atoms with Crippen LogP contribution in [0.5, 0.6) is 0 Å². The molecule has 7 nitrogen and oxygen atoms in total. The molecule has 194 valence electrons. The number of nitrogens with one attached hydrogen (secondary N) is 3. The highest BCUT2D eigenvalue weighted by Crippen LogP contribution is 2.49. The second-order valence-corrected chi connectivity index (χ2v) is 9.10. The average Bonchev–Trinajstić information content (AvgIpc) is 3.64. The Morgan fingerprint density at radius 3 is 2.46 bits per heavy atom. The van der Waals surface area contributed by atoms with Gasteiger partial charge in [0.25, 0.3) is 5.92 Å². The Morgan fingerprint density at radius 1 is 1.05 bits per heavy atom. The van der Waals surface area contributed by atoms with E-state index >= 15 is 0 Å². The molecule has 0 unspecified atom stereocenters. The number of anilines is 3. The van der Waals surface area contributed by atoms with Gasteiger partial charge in [0.1, 0.15) is 11.6 Å². The van der Waals surface area contributed by atoms with Gasteiger partial charge >= 0.3 is 0 Å². The lowest BCUT2D eigenvalue weighted by atomic mass is 9.95. The molecule has 37 heavy (non-hydrogen) atoms. The van der Waals surface area contributed by atoms with Crippen LogP contribution in [0.1, 0.15) is 47.8 Å². The van der Waals surface area contributed by atoms with Gasteiger partial charge in [-0.05, 0) is 25.0 Å². The number of rotatable bonds is 10. The third-order valence-electron chi connectivity index (χ3n) is 6.27. The quantitative estimate of drug-likeness (QED) is 0.250. The van der Waals surface area contributed by atoms with Crippen LogP contribution in [0.4, 0.5) is 34.6 Å². The molecular formula is C26H25F4N5O2. The molecule has 0 radical (unpaired) electrons. The number of ketones is 1. The lowest BCUT2D eigenvalue weighted by Gasteiger charge is -2.18. The zero-order valence-corrected chi connectivity index (χ0v) is 20.2. The first-order valence-electron chi connectivity index (χ1n) is 11.5. The maximum absolute atomic E-state index is 14.7. The summed E-state index contributed by atoms with van der Waals surface area (Å²) in [5, 5.41) is 8.00. The number of hydrogen-bond acceptors (Lipinski definition) is 6. The van der Waals surface area contributed by atoms with Crippen molar-refractivity contribution in [2.75, 3.05) is 17.7 Å². The predicted molar refractivity (Wildman–Crippen MR) is 130 cm³/mol. The van der Waals surface area contributed by atoms with Crippen molar-refractivity contribution in [2.45, 2.75) is 38.7 Å². The first-order valence-corrected chi connectivity index (χ1v) is 11.5. The van der Waals surface area contributed by atoms with E-state index < -0.39 is 34.2 Å². The number of amides is 1. The number of pyridine rings is 2. The average molecular weight is 516 g/mol. The molecule has 0 aliphatic heterocycles. The van der Waals surface area contributed by atoms with Crippen molar-refractivity contribution in [3.8, 4) is 0 Å². The molecule has 2 aromatic heterocycles. The Hall–Kier alpha value is -4.02. The number of halogens is 4. The van der Waals surface area contributed by atoms with Gasteiger partial charge in [-0.2, -0.15) is 0 Å². The van der Waals surface area contributed by atoms with Crippen molar-refractivity contribution >= 4 is 28.8 Å². The standard InChI is InChI=1S/C26H25F4N5O2/c1-25(29,30)18-4-3-5-19(27)23(18)35-17-9-20(28)21(33-13-17)14-34-24(37)26(6-7-26)10-22(36)15-8-16(31-2)12-32-11-15/h3-5,8-9,11-13,31,35H,6-7,10,14H2,1-2H3,(H,34,37). The first kappa shape index (κ1) is 26.1. The highest BCUT2D eigenvalue weighted by molar-refractivity contribution is 6.01. The number of benzene rings is 1. The molecule has 0 bridgehead atoms. The minimum atomic E-state index is -3.33. The van der Waals surface area contributed by atoms with Crippen molar-refractivity contribution in [1.82, 2.24) is 15.3 Å². The lowest BCUT2D eigenvalue weighted by molar-refractivity contribution is -0.126. The third-order valence-corrected chi connectivity index (χ3v) is 6.27. The van der Waals surface area contributed by atoms with Crippen LogP contribution < -0.4 is 16.0 Å². The zero-order valence-electron chi connectivity index (χ0n) is 20.2. The van der Waals surface area contributed by atoms with E-state index in [1.54, 1.807) is 19.3 Å². The SMILES string of the molecule is CNc1cncc(C(=O)CC2(C(=O)NCc3ncc(Nc4c(F)cccc4C(C)(F)F)cc3F)CC2)c1. The number of aromatic nitrogens is 2. The largest absolute Gasteiger partial charge is 0.387 e. The molecule has 1 aromatic carbocycles. The summed E-state index contributed by atoms with van der Waals surface area (Å²) in [6.45, 7) is 0.393. The summed E-state index contributed by atoms with van der Waals surface area (Å²) in [6, 6.07) is 5.89. The van der Waals surface area contributed by atoms with E-state index in [4.69, 9.17) is 0 Å². The smallest absolute Gasteiger partial charge is 0.272 e. The minimum Gasteiger partial charge on any atom is -0.387 e. The fourth-order valence-corrected chi connectivity index (χ4v) is 3.95. The molecule has 3 N–H and O–H groups in total. The van der Waals surface area contributed by atoms with E-state index in [9.17, 15) is 27.2 Å². The third kappa shape index (κ3) is 5.87. The van der Waals surface area contributed by atoms with Gasteiger partial charge < -0.3 is 16.0 Å². The molecule has 1 amide bonds. The Labute approximate surface area is 210 Å². The molecular weight excluding hydrogens is 490 g/mol. The molecule has 1 fully saturated rings. The molecule has 1 aliphatic carbocycles. The van der Waals surface area contributed by atoms with Crippen molar-refractivity contribution in [2.24, 2.45) is 5.41 Å². The Morgan fingerprint density at radius 2 is 1.81 bits per heavy atom. The number of Topliss-reactive ketones (excluding diaryl/α,β-unsaturated/α-hetero) is 1. The van der Waals surface area contributed by atoms with Crippen LogP contribution in [0.3, 0.4) is 0 Å².